The van der Waals surface area contributed by atoms with Crippen molar-refractivity contribution in [2.24, 2.45) is 0 Å². The summed E-state index contributed by atoms with van der Waals surface area (Å²) in [7, 11) is 1.74. The van der Waals surface area contributed by atoms with E-state index in [9.17, 15) is 4.79 Å². The van der Waals surface area contributed by atoms with E-state index in [0.717, 1.165) is 19.4 Å². The minimum atomic E-state index is -0.186. The standard InChI is InChI=1S/C11H18N4O2S/c1-6(7-4-3-5-17-7)14-10(16)8-9(12)15-11(13-2)18-8/h6-7H,3-5,12H2,1-2H3,(H,13,15)(H,14,16). The van der Waals surface area contributed by atoms with Gasteiger partial charge in [-0.05, 0) is 19.8 Å². The van der Waals surface area contributed by atoms with E-state index in [0.29, 0.717) is 10.0 Å². The minimum absolute atomic E-state index is 0.0143. The third kappa shape index (κ3) is 2.73. The Kier molecular flexibility index (Phi) is 4.03. The molecule has 100 valence electrons. The van der Waals surface area contributed by atoms with Crippen LogP contribution >= 0.6 is 11.3 Å². The second-order valence-electron chi connectivity index (χ2n) is 4.30. The van der Waals surface area contributed by atoms with Crippen LogP contribution in [0, 0.1) is 0 Å². The average molecular weight is 270 g/mol. The summed E-state index contributed by atoms with van der Waals surface area (Å²) in [4.78, 5) is 16.6. The van der Waals surface area contributed by atoms with Gasteiger partial charge in [-0.2, -0.15) is 0 Å². The van der Waals surface area contributed by atoms with Crippen molar-refractivity contribution < 1.29 is 9.53 Å². The van der Waals surface area contributed by atoms with Gasteiger partial charge in [0.25, 0.3) is 5.91 Å². The van der Waals surface area contributed by atoms with Crippen molar-refractivity contribution in [1.82, 2.24) is 10.3 Å². The van der Waals surface area contributed by atoms with Crippen LogP contribution in [0.4, 0.5) is 10.9 Å². The van der Waals surface area contributed by atoms with Crippen LogP contribution in [0.2, 0.25) is 0 Å². The Labute approximate surface area is 110 Å². The lowest BCUT2D eigenvalue weighted by Crippen LogP contribution is -2.40. The van der Waals surface area contributed by atoms with Gasteiger partial charge >= 0.3 is 0 Å². The molecule has 1 aliphatic heterocycles. The van der Waals surface area contributed by atoms with E-state index >= 15 is 0 Å². The van der Waals surface area contributed by atoms with Crippen LogP contribution in [0.15, 0.2) is 0 Å². The highest BCUT2D eigenvalue weighted by atomic mass is 32.1. The molecule has 2 atom stereocenters. The summed E-state index contributed by atoms with van der Waals surface area (Å²) in [5.41, 5.74) is 5.71. The number of amides is 1. The first-order valence-corrected chi connectivity index (χ1v) is 6.80. The first-order chi connectivity index (χ1) is 8.61. The van der Waals surface area contributed by atoms with Gasteiger partial charge in [-0.3, -0.25) is 4.79 Å². The maximum absolute atomic E-state index is 12.1. The van der Waals surface area contributed by atoms with E-state index in [1.807, 2.05) is 6.92 Å². The maximum Gasteiger partial charge on any atom is 0.265 e. The van der Waals surface area contributed by atoms with Crippen LogP contribution in [0.5, 0.6) is 0 Å². The topological polar surface area (TPSA) is 89.3 Å². The lowest BCUT2D eigenvalue weighted by atomic mass is 10.1. The molecule has 2 unspecified atom stereocenters. The number of nitrogens with zero attached hydrogens (tertiary/aromatic N) is 1. The van der Waals surface area contributed by atoms with Gasteiger partial charge in [0.05, 0.1) is 12.1 Å². The number of nitrogens with one attached hydrogen (secondary N) is 2. The number of rotatable bonds is 4. The SMILES string of the molecule is CNc1nc(N)c(C(=O)NC(C)C2CCCO2)s1. The summed E-state index contributed by atoms with van der Waals surface area (Å²) < 4.78 is 5.54. The average Bonchev–Trinajstić information content (AvgIpc) is 2.97. The third-order valence-electron chi connectivity index (χ3n) is 2.95. The molecule has 1 aromatic rings. The van der Waals surface area contributed by atoms with E-state index < -0.39 is 0 Å². The zero-order chi connectivity index (χ0) is 13.1. The molecule has 0 radical (unpaired) electrons. The molecule has 0 bridgehead atoms. The molecule has 1 saturated heterocycles. The van der Waals surface area contributed by atoms with Crippen molar-refractivity contribution in [3.8, 4) is 0 Å². The van der Waals surface area contributed by atoms with Crippen molar-refractivity contribution in [3.05, 3.63) is 4.88 Å². The molecule has 4 N–H and O–H groups in total. The molecule has 0 aromatic carbocycles. The molecule has 1 amide bonds. The van der Waals surface area contributed by atoms with Crippen molar-refractivity contribution in [2.45, 2.75) is 31.9 Å². The zero-order valence-electron chi connectivity index (χ0n) is 10.5. The van der Waals surface area contributed by atoms with E-state index in [1.165, 1.54) is 11.3 Å². The number of carbonyl (C=O) groups is 1. The van der Waals surface area contributed by atoms with Crippen molar-refractivity contribution >= 4 is 28.2 Å². The number of aromatic nitrogens is 1. The van der Waals surface area contributed by atoms with Crippen LogP contribution in [0.1, 0.15) is 29.4 Å². The number of nitrogens with two attached hydrogens (primary N) is 1. The Morgan fingerprint density at radius 1 is 1.67 bits per heavy atom. The van der Waals surface area contributed by atoms with Gasteiger partial charge in [0, 0.05) is 13.7 Å². The van der Waals surface area contributed by atoms with Gasteiger partial charge in [0.15, 0.2) is 5.13 Å². The summed E-state index contributed by atoms with van der Waals surface area (Å²) in [5, 5.41) is 6.43. The first-order valence-electron chi connectivity index (χ1n) is 5.98. The van der Waals surface area contributed by atoms with Gasteiger partial charge in [-0.25, -0.2) is 4.98 Å². The zero-order valence-corrected chi connectivity index (χ0v) is 11.3. The molecule has 2 heterocycles. The van der Waals surface area contributed by atoms with Gasteiger partial charge in [-0.15, -0.1) is 0 Å². The molecule has 6 nitrogen and oxygen atoms in total. The number of anilines is 2. The largest absolute Gasteiger partial charge is 0.382 e. The van der Waals surface area contributed by atoms with Crippen molar-refractivity contribution in [1.29, 1.82) is 0 Å². The Morgan fingerprint density at radius 2 is 2.44 bits per heavy atom. The van der Waals surface area contributed by atoms with E-state index in [-0.39, 0.29) is 23.9 Å². The van der Waals surface area contributed by atoms with Gasteiger partial charge < -0.3 is 21.1 Å². The van der Waals surface area contributed by atoms with Gasteiger partial charge in [0.1, 0.15) is 10.7 Å². The molecule has 2 rings (SSSR count). The quantitative estimate of drug-likeness (QED) is 0.761. The number of carbonyl (C=O) groups excluding carboxylic acids is 1. The fraction of sp³-hybridized carbons (Fsp3) is 0.636. The lowest BCUT2D eigenvalue weighted by Gasteiger charge is -2.19. The molecular weight excluding hydrogens is 252 g/mol. The number of hydrogen-bond donors (Lipinski definition) is 3. The lowest BCUT2D eigenvalue weighted by molar-refractivity contribution is 0.0715. The molecule has 7 heteroatoms. The monoisotopic (exact) mass is 270 g/mol. The Hall–Kier alpha value is -1.34. The summed E-state index contributed by atoms with van der Waals surface area (Å²) in [6, 6.07) is -0.0143. The Balaban J connectivity index is 1.99. The van der Waals surface area contributed by atoms with Crippen LogP contribution < -0.4 is 16.4 Å². The van der Waals surface area contributed by atoms with E-state index in [4.69, 9.17) is 10.5 Å². The molecule has 1 aliphatic rings. The second kappa shape index (κ2) is 5.53. The molecule has 18 heavy (non-hydrogen) atoms. The van der Waals surface area contributed by atoms with Crippen LogP contribution in [-0.2, 0) is 4.74 Å². The number of ether oxygens (including phenoxy) is 1. The smallest absolute Gasteiger partial charge is 0.265 e. The number of hydrogen-bond acceptors (Lipinski definition) is 6. The fourth-order valence-electron chi connectivity index (χ4n) is 1.96. The highest BCUT2D eigenvalue weighted by Gasteiger charge is 2.25. The first kappa shape index (κ1) is 13.1. The summed E-state index contributed by atoms with van der Waals surface area (Å²) in [6.45, 7) is 2.72. The second-order valence-corrected chi connectivity index (χ2v) is 5.30. The molecule has 1 aromatic heterocycles. The predicted octanol–water partition coefficient (Wildman–Crippen LogP) is 1.06. The highest BCUT2D eigenvalue weighted by Crippen LogP contribution is 2.24. The fourth-order valence-corrected chi connectivity index (χ4v) is 2.70. The molecular formula is C11H18N4O2S. The Bertz CT molecular complexity index is 429. The van der Waals surface area contributed by atoms with E-state index in [1.54, 1.807) is 7.05 Å². The van der Waals surface area contributed by atoms with Gasteiger partial charge in [0.2, 0.25) is 0 Å². The summed E-state index contributed by atoms with van der Waals surface area (Å²) in [5.74, 6) is 0.0795. The molecule has 0 aliphatic carbocycles. The van der Waals surface area contributed by atoms with Crippen LogP contribution in [0.25, 0.3) is 0 Å². The number of thiazole rings is 1. The predicted molar refractivity (Wildman–Crippen MR) is 72.0 cm³/mol. The highest BCUT2D eigenvalue weighted by molar-refractivity contribution is 7.18. The van der Waals surface area contributed by atoms with E-state index in [2.05, 4.69) is 15.6 Å². The summed E-state index contributed by atoms with van der Waals surface area (Å²) in [6.07, 6.45) is 2.14. The Morgan fingerprint density at radius 3 is 3.00 bits per heavy atom. The van der Waals surface area contributed by atoms with Crippen LogP contribution in [-0.4, -0.2) is 36.7 Å². The number of nitrogen functional groups attached to an aromatic ring is 1. The van der Waals surface area contributed by atoms with Crippen molar-refractivity contribution in [2.75, 3.05) is 24.7 Å². The minimum Gasteiger partial charge on any atom is -0.382 e. The van der Waals surface area contributed by atoms with Gasteiger partial charge in [-0.1, -0.05) is 11.3 Å². The van der Waals surface area contributed by atoms with Crippen LogP contribution in [0.3, 0.4) is 0 Å². The molecule has 0 saturated carbocycles. The summed E-state index contributed by atoms with van der Waals surface area (Å²) >= 11 is 1.25. The molecule has 0 spiro atoms. The third-order valence-corrected chi connectivity index (χ3v) is 4.04. The maximum atomic E-state index is 12.1. The normalized spacial score (nSPS) is 20.7. The molecule has 1 fully saturated rings. The van der Waals surface area contributed by atoms with Crippen molar-refractivity contribution in [3.63, 3.8) is 0 Å².